The molecule has 1 fully saturated rings. The Morgan fingerprint density at radius 2 is 1.05 bits per heavy atom. The van der Waals surface area contributed by atoms with Crippen molar-refractivity contribution in [2.45, 2.75) is 211 Å². The van der Waals surface area contributed by atoms with E-state index in [1.54, 1.807) is 0 Å². The molecule has 1 rings (SSSR count). The quantitative estimate of drug-likeness (QED) is 0.0209. The summed E-state index contributed by atoms with van der Waals surface area (Å²) in [6, 6.07) is 0. The molecule has 0 aromatic carbocycles. The summed E-state index contributed by atoms with van der Waals surface area (Å²) in [6.45, 7) is 3.69. The zero-order valence-electron chi connectivity index (χ0n) is 34.0. The van der Waals surface area contributed by atoms with E-state index < -0.39 is 71.2 Å². The molecule has 0 aromatic heterocycles. The molecule has 0 aromatic rings. The number of hydrogen-bond donors (Lipinski definition) is 4. The van der Waals surface area contributed by atoms with Gasteiger partial charge in [-0.15, -0.1) is 0 Å². The Labute approximate surface area is 332 Å². The van der Waals surface area contributed by atoms with Crippen molar-refractivity contribution >= 4 is 22.1 Å². The molecule has 0 saturated carbocycles. The lowest BCUT2D eigenvalue weighted by atomic mass is 10.00. The molecule has 1 saturated heterocycles. The molecule has 0 spiro atoms. The molecule has 6 atom stereocenters. The molecule has 12 nitrogen and oxygen atoms in total. The number of allylic oxidation sites excluding steroid dienone is 4. The van der Waals surface area contributed by atoms with E-state index in [9.17, 15) is 37.9 Å². The van der Waals surface area contributed by atoms with Gasteiger partial charge in [-0.1, -0.05) is 128 Å². The third kappa shape index (κ3) is 28.2. The van der Waals surface area contributed by atoms with Gasteiger partial charge in [0.2, 0.25) is 0 Å². The monoisotopic (exact) mass is 805 g/mol. The van der Waals surface area contributed by atoms with E-state index in [2.05, 4.69) is 38.2 Å². The fourth-order valence-corrected chi connectivity index (χ4v) is 7.05. The van der Waals surface area contributed by atoms with E-state index >= 15 is 0 Å². The van der Waals surface area contributed by atoms with Gasteiger partial charge in [0.15, 0.2) is 12.4 Å². The molecule has 6 unspecified atom stereocenters. The van der Waals surface area contributed by atoms with E-state index in [1.165, 1.54) is 57.8 Å². The molecule has 0 bridgehead atoms. The first-order valence-corrected chi connectivity index (χ1v) is 23.0. The second kappa shape index (κ2) is 33.1. The van der Waals surface area contributed by atoms with Crippen LogP contribution in [-0.4, -0.2) is 96.0 Å². The number of aliphatic hydroxyl groups is 3. The van der Waals surface area contributed by atoms with Crippen LogP contribution >= 0.6 is 0 Å². The molecule has 1 aliphatic rings. The fraction of sp³-hybridized carbons (Fsp3) is 0.857. The van der Waals surface area contributed by atoms with Gasteiger partial charge in [0.05, 0.1) is 6.61 Å². The first kappa shape index (κ1) is 51.1. The summed E-state index contributed by atoms with van der Waals surface area (Å²) in [4.78, 5) is 25.3. The fourth-order valence-electron chi connectivity index (χ4n) is 6.36. The average molecular weight is 805 g/mol. The minimum absolute atomic E-state index is 0.154. The van der Waals surface area contributed by atoms with Gasteiger partial charge in [-0.05, 0) is 57.8 Å². The van der Waals surface area contributed by atoms with Crippen molar-refractivity contribution in [2.75, 3.05) is 19.0 Å². The average Bonchev–Trinajstić information content (AvgIpc) is 3.14. The Kier molecular flexibility index (Phi) is 30.8. The zero-order valence-corrected chi connectivity index (χ0v) is 34.9. The topological polar surface area (TPSA) is 186 Å². The Hall–Kier alpha value is -1.87. The van der Waals surface area contributed by atoms with Gasteiger partial charge in [0.25, 0.3) is 10.1 Å². The number of hydrogen-bond acceptors (Lipinski definition) is 11. The first-order chi connectivity index (χ1) is 26.5. The summed E-state index contributed by atoms with van der Waals surface area (Å²) >= 11 is 0. The maximum Gasteiger partial charge on any atom is 0.306 e. The smallest absolute Gasteiger partial charge is 0.306 e. The van der Waals surface area contributed by atoms with E-state index in [4.69, 9.17) is 18.9 Å². The van der Waals surface area contributed by atoms with Crippen molar-refractivity contribution in [2.24, 2.45) is 0 Å². The first-order valence-electron chi connectivity index (χ1n) is 21.4. The summed E-state index contributed by atoms with van der Waals surface area (Å²) in [5.41, 5.74) is 0. The van der Waals surface area contributed by atoms with Crippen LogP contribution in [0.25, 0.3) is 0 Å². The van der Waals surface area contributed by atoms with Gasteiger partial charge in [-0.3, -0.25) is 14.1 Å². The predicted molar refractivity (Wildman–Crippen MR) is 215 cm³/mol. The Balaban J connectivity index is 2.48. The molecule has 0 aliphatic carbocycles. The Morgan fingerprint density at radius 1 is 0.600 bits per heavy atom. The SMILES string of the molecule is CCCC/C=C\CCCCCCCC(=O)OCC(COC1OC(CS(=O)(=O)O)C(O)C(O)C1O)OC(=O)CCCCCCC/C=C\CCCCCCCCC. The summed E-state index contributed by atoms with van der Waals surface area (Å²) in [5, 5.41) is 30.8. The van der Waals surface area contributed by atoms with E-state index in [0.29, 0.717) is 12.8 Å². The van der Waals surface area contributed by atoms with Crippen LogP contribution in [0.4, 0.5) is 0 Å². The number of carbonyl (C=O) groups is 2. The molecule has 55 heavy (non-hydrogen) atoms. The van der Waals surface area contributed by atoms with Crippen LogP contribution in [0.3, 0.4) is 0 Å². The molecular formula is C42H76O12S. The normalized spacial score (nSPS) is 21.0. The zero-order chi connectivity index (χ0) is 40.6. The standard InChI is InChI=1S/C42H76O12S/c1-3-5-7-9-11-13-15-16-17-18-19-21-23-25-27-29-31-38(44)53-35(32-51-37(43)30-28-26-24-22-20-14-12-10-8-6-4-2)33-52-42-41(47)40(46)39(45)36(54-42)34-55(48,49)50/h10,12,17-18,35-36,39-42,45-47H,3-9,11,13-16,19-34H2,1-2H3,(H,48,49,50)/b12-10-,18-17-. The number of esters is 2. The Morgan fingerprint density at radius 3 is 1.56 bits per heavy atom. The highest BCUT2D eigenvalue weighted by molar-refractivity contribution is 7.85. The van der Waals surface area contributed by atoms with Crippen LogP contribution in [0, 0.1) is 0 Å². The van der Waals surface area contributed by atoms with Crippen molar-refractivity contribution in [1.29, 1.82) is 0 Å². The van der Waals surface area contributed by atoms with Crippen LogP contribution in [-0.2, 0) is 38.7 Å². The largest absolute Gasteiger partial charge is 0.462 e. The number of unbranched alkanes of at least 4 members (excludes halogenated alkanes) is 19. The van der Waals surface area contributed by atoms with E-state index in [1.807, 2.05) is 0 Å². The van der Waals surface area contributed by atoms with Crippen LogP contribution in [0.1, 0.15) is 174 Å². The molecule has 322 valence electrons. The van der Waals surface area contributed by atoms with Gasteiger partial charge in [0.1, 0.15) is 36.8 Å². The molecular weight excluding hydrogens is 729 g/mol. The van der Waals surface area contributed by atoms with Crippen LogP contribution < -0.4 is 0 Å². The van der Waals surface area contributed by atoms with Gasteiger partial charge >= 0.3 is 11.9 Å². The van der Waals surface area contributed by atoms with Crippen LogP contribution in [0.15, 0.2) is 24.3 Å². The van der Waals surface area contributed by atoms with Crippen molar-refractivity contribution in [3.8, 4) is 0 Å². The lowest BCUT2D eigenvalue weighted by molar-refractivity contribution is -0.297. The molecule has 1 heterocycles. The predicted octanol–water partition coefficient (Wildman–Crippen LogP) is 8.06. The highest BCUT2D eigenvalue weighted by Gasteiger charge is 2.46. The van der Waals surface area contributed by atoms with Gasteiger partial charge < -0.3 is 34.3 Å². The van der Waals surface area contributed by atoms with Gasteiger partial charge in [-0.2, -0.15) is 8.42 Å². The number of aliphatic hydroxyl groups excluding tert-OH is 3. The maximum atomic E-state index is 12.8. The minimum atomic E-state index is -4.60. The number of ether oxygens (including phenoxy) is 4. The molecule has 4 N–H and O–H groups in total. The Bertz CT molecular complexity index is 1130. The van der Waals surface area contributed by atoms with Gasteiger partial charge in [0, 0.05) is 12.8 Å². The summed E-state index contributed by atoms with van der Waals surface area (Å²) in [6.07, 6.45) is 25.2. The number of rotatable bonds is 35. The number of carbonyl (C=O) groups excluding carboxylic acids is 2. The lowest BCUT2D eigenvalue weighted by Crippen LogP contribution is -2.60. The second-order valence-corrected chi connectivity index (χ2v) is 16.5. The molecule has 0 radical (unpaired) electrons. The molecule has 1 aliphatic heterocycles. The highest BCUT2D eigenvalue weighted by atomic mass is 32.2. The third-order valence-electron chi connectivity index (χ3n) is 9.75. The van der Waals surface area contributed by atoms with Gasteiger partial charge in [-0.25, -0.2) is 0 Å². The maximum absolute atomic E-state index is 12.8. The second-order valence-electron chi connectivity index (χ2n) is 15.0. The van der Waals surface area contributed by atoms with Crippen molar-refractivity contribution < 1.29 is 56.8 Å². The van der Waals surface area contributed by atoms with Crippen molar-refractivity contribution in [3.63, 3.8) is 0 Å². The summed E-state index contributed by atoms with van der Waals surface area (Å²) < 4.78 is 53.9. The van der Waals surface area contributed by atoms with Crippen LogP contribution in [0.5, 0.6) is 0 Å². The van der Waals surface area contributed by atoms with Crippen molar-refractivity contribution in [1.82, 2.24) is 0 Å². The lowest BCUT2D eigenvalue weighted by Gasteiger charge is -2.40. The van der Waals surface area contributed by atoms with E-state index in [-0.39, 0.29) is 19.4 Å². The van der Waals surface area contributed by atoms with E-state index in [0.717, 1.165) is 77.0 Å². The summed E-state index contributed by atoms with van der Waals surface area (Å²) in [7, 11) is -4.60. The minimum Gasteiger partial charge on any atom is -0.462 e. The molecule has 13 heteroatoms. The summed E-state index contributed by atoms with van der Waals surface area (Å²) in [5.74, 6) is -2.00. The molecule has 0 amide bonds. The van der Waals surface area contributed by atoms with Crippen molar-refractivity contribution in [3.05, 3.63) is 24.3 Å². The van der Waals surface area contributed by atoms with Crippen LogP contribution in [0.2, 0.25) is 0 Å². The third-order valence-corrected chi connectivity index (χ3v) is 10.5. The highest BCUT2D eigenvalue weighted by Crippen LogP contribution is 2.24.